The largest absolute Gasteiger partial charge is 0.452 e. The number of hydrogen-bond acceptors (Lipinski definition) is 4. The summed E-state index contributed by atoms with van der Waals surface area (Å²) in [5.41, 5.74) is 3.37. The lowest BCUT2D eigenvalue weighted by Gasteiger charge is -2.23. The maximum atomic E-state index is 6.02. The summed E-state index contributed by atoms with van der Waals surface area (Å²) in [6, 6.07) is 15.9. The van der Waals surface area contributed by atoms with Crippen molar-refractivity contribution in [2.24, 2.45) is 0 Å². The van der Waals surface area contributed by atoms with Gasteiger partial charge >= 0.3 is 5.24 Å². The van der Waals surface area contributed by atoms with Crippen LogP contribution in [-0.4, -0.2) is 14.8 Å². The monoisotopic (exact) mass is 428 g/mol. The van der Waals surface area contributed by atoms with Crippen LogP contribution in [0.4, 0.5) is 0 Å². The van der Waals surface area contributed by atoms with Crippen molar-refractivity contribution in [2.45, 2.75) is 45.4 Å². The van der Waals surface area contributed by atoms with E-state index in [0.717, 1.165) is 11.1 Å². The topological polar surface area (TPSA) is 36.3 Å². The van der Waals surface area contributed by atoms with E-state index in [0.29, 0.717) is 18.2 Å². The van der Waals surface area contributed by atoms with Gasteiger partial charge in [0.2, 0.25) is 0 Å². The molecule has 4 nitrogen and oxygen atoms in total. The van der Waals surface area contributed by atoms with Crippen LogP contribution in [-0.2, 0) is 28.0 Å². The van der Waals surface area contributed by atoms with Crippen LogP contribution in [0.15, 0.2) is 67.3 Å². The molecule has 0 fully saturated rings. The zero-order chi connectivity index (χ0) is 20.9. The van der Waals surface area contributed by atoms with Crippen molar-refractivity contribution in [1.82, 2.24) is 9.55 Å². The number of ether oxygens (including phenoxy) is 2. The van der Waals surface area contributed by atoms with E-state index in [-0.39, 0.29) is 16.8 Å². The van der Waals surface area contributed by atoms with Gasteiger partial charge in [0.1, 0.15) is 12.7 Å². The number of hydrogen-bond donors (Lipinski definition) is 0. The van der Waals surface area contributed by atoms with Gasteiger partial charge in [0, 0.05) is 29.6 Å². The average molecular weight is 429 g/mol. The van der Waals surface area contributed by atoms with Crippen LogP contribution in [0.1, 0.15) is 43.6 Å². The smallest absolute Gasteiger partial charge is 0.353 e. The Bertz CT molecular complexity index is 917. The van der Waals surface area contributed by atoms with Gasteiger partial charge in [-0.2, -0.15) is 0 Å². The Morgan fingerprint density at radius 1 is 1.10 bits per heavy atom. The van der Waals surface area contributed by atoms with Gasteiger partial charge in [-0.15, -0.1) is 0 Å². The summed E-state index contributed by atoms with van der Waals surface area (Å²) in [6.07, 6.45) is 5.13. The number of rotatable bonds is 6. The second kappa shape index (κ2) is 9.42. The number of halogens is 1. The number of aromatic nitrogens is 2. The van der Waals surface area contributed by atoms with Crippen molar-refractivity contribution in [1.29, 1.82) is 0 Å². The fourth-order valence-electron chi connectivity index (χ4n) is 2.87. The van der Waals surface area contributed by atoms with Gasteiger partial charge in [-0.25, -0.2) is 4.98 Å². The van der Waals surface area contributed by atoms with Gasteiger partial charge in [-0.3, -0.25) is 0 Å². The number of imidazole rings is 1. The molecule has 1 atom stereocenters. The molecule has 0 amide bonds. The van der Waals surface area contributed by atoms with Gasteiger partial charge in [0.05, 0.1) is 12.9 Å². The van der Waals surface area contributed by atoms with Crippen molar-refractivity contribution in [3.8, 4) is 0 Å². The maximum absolute atomic E-state index is 6.02. The van der Waals surface area contributed by atoms with Crippen molar-refractivity contribution in [3.05, 3.63) is 89.0 Å². The Morgan fingerprint density at radius 2 is 1.79 bits per heavy atom. The molecule has 3 rings (SSSR count). The van der Waals surface area contributed by atoms with Crippen LogP contribution in [0.2, 0.25) is 5.02 Å². The first-order chi connectivity index (χ1) is 13.8. The maximum Gasteiger partial charge on any atom is 0.353 e. The number of thiocarbonyl (C=S) groups is 1. The van der Waals surface area contributed by atoms with E-state index in [1.54, 1.807) is 12.5 Å². The van der Waals surface area contributed by atoms with Crippen molar-refractivity contribution >= 4 is 29.1 Å². The molecule has 1 aromatic heterocycles. The highest BCUT2D eigenvalue weighted by molar-refractivity contribution is 7.79. The lowest BCUT2D eigenvalue weighted by Crippen LogP contribution is -2.18. The van der Waals surface area contributed by atoms with Crippen molar-refractivity contribution in [2.75, 3.05) is 0 Å². The first kappa shape index (κ1) is 21.3. The summed E-state index contributed by atoms with van der Waals surface area (Å²) in [4.78, 5) is 4.11. The second-order valence-electron chi connectivity index (χ2n) is 7.90. The molecule has 2 aromatic carbocycles. The molecule has 0 saturated heterocycles. The highest BCUT2D eigenvalue weighted by Crippen LogP contribution is 2.26. The van der Waals surface area contributed by atoms with E-state index in [1.807, 2.05) is 35.0 Å². The molecule has 3 aromatic rings. The summed E-state index contributed by atoms with van der Waals surface area (Å²) in [7, 11) is 0. The fraction of sp³-hybridized carbons (Fsp3) is 0.304. The minimum Gasteiger partial charge on any atom is -0.452 e. The molecule has 6 heteroatoms. The standard InChI is InChI=1S/C23H25ClN2O2S/c1-23(2,3)19-8-6-18(7-9-19)21(14-26-13-12-25-16-26)28-22(29)27-15-17-4-10-20(24)11-5-17/h4-13,16,21H,14-15H2,1-3H3. The van der Waals surface area contributed by atoms with E-state index in [2.05, 4.69) is 50.0 Å². The Hall–Kier alpha value is -2.37. The van der Waals surface area contributed by atoms with E-state index >= 15 is 0 Å². The minimum absolute atomic E-state index is 0.0935. The van der Waals surface area contributed by atoms with E-state index in [9.17, 15) is 0 Å². The summed E-state index contributed by atoms with van der Waals surface area (Å²) in [6.45, 7) is 7.50. The van der Waals surface area contributed by atoms with Crippen LogP contribution in [0, 0.1) is 0 Å². The van der Waals surface area contributed by atoms with Gasteiger partial charge in [0.15, 0.2) is 0 Å². The first-order valence-electron chi connectivity index (χ1n) is 9.45. The molecular weight excluding hydrogens is 404 g/mol. The molecule has 0 aliphatic heterocycles. The lowest BCUT2D eigenvalue weighted by atomic mass is 9.86. The summed E-state index contributed by atoms with van der Waals surface area (Å²) in [5, 5.41) is 0.802. The Morgan fingerprint density at radius 3 is 2.38 bits per heavy atom. The van der Waals surface area contributed by atoms with Gasteiger partial charge in [-0.1, -0.05) is 68.8 Å². The number of benzene rings is 2. The average Bonchev–Trinajstić information content (AvgIpc) is 3.20. The Balaban J connectivity index is 1.69. The molecule has 152 valence electrons. The summed E-state index contributed by atoms with van der Waals surface area (Å²) < 4.78 is 13.6. The molecule has 1 unspecified atom stereocenters. The van der Waals surface area contributed by atoms with Crippen molar-refractivity contribution in [3.63, 3.8) is 0 Å². The Labute approximate surface area is 182 Å². The van der Waals surface area contributed by atoms with E-state index in [4.69, 9.17) is 33.3 Å². The molecule has 0 bridgehead atoms. The van der Waals surface area contributed by atoms with Crippen LogP contribution in [0.3, 0.4) is 0 Å². The fourth-order valence-corrected chi connectivity index (χ4v) is 3.17. The third kappa shape index (κ3) is 6.31. The van der Waals surface area contributed by atoms with Crippen LogP contribution in [0.5, 0.6) is 0 Å². The van der Waals surface area contributed by atoms with Gasteiger partial charge in [0.25, 0.3) is 0 Å². The molecule has 0 aliphatic rings. The molecule has 0 spiro atoms. The molecule has 0 aliphatic carbocycles. The quantitative estimate of drug-likeness (QED) is 0.445. The molecule has 0 N–H and O–H groups in total. The second-order valence-corrected chi connectivity index (χ2v) is 8.67. The highest BCUT2D eigenvalue weighted by atomic mass is 35.5. The predicted octanol–water partition coefficient (Wildman–Crippen LogP) is 6.09. The van der Waals surface area contributed by atoms with E-state index < -0.39 is 0 Å². The SMILES string of the molecule is CC(C)(C)c1ccc(C(Cn2ccnc2)OC(=S)OCc2ccc(Cl)cc2)cc1. The molecule has 29 heavy (non-hydrogen) atoms. The van der Waals surface area contributed by atoms with Crippen LogP contribution < -0.4 is 0 Å². The zero-order valence-electron chi connectivity index (χ0n) is 16.8. The molecule has 0 saturated carbocycles. The van der Waals surface area contributed by atoms with Crippen LogP contribution in [0.25, 0.3) is 0 Å². The van der Waals surface area contributed by atoms with E-state index in [1.165, 1.54) is 5.56 Å². The minimum atomic E-state index is -0.282. The summed E-state index contributed by atoms with van der Waals surface area (Å²) >= 11 is 11.3. The predicted molar refractivity (Wildman–Crippen MR) is 120 cm³/mol. The zero-order valence-corrected chi connectivity index (χ0v) is 18.4. The normalized spacial score (nSPS) is 12.4. The molecule has 0 radical (unpaired) electrons. The third-order valence-corrected chi connectivity index (χ3v) is 5.06. The molecular formula is C23H25ClN2O2S. The van der Waals surface area contributed by atoms with Gasteiger partial charge < -0.3 is 14.0 Å². The van der Waals surface area contributed by atoms with Gasteiger partial charge in [-0.05, 0) is 34.2 Å². The summed E-state index contributed by atoms with van der Waals surface area (Å²) in [5.74, 6) is 0. The highest BCUT2D eigenvalue weighted by Gasteiger charge is 2.19. The number of nitrogens with zero attached hydrogens (tertiary/aromatic N) is 2. The lowest BCUT2D eigenvalue weighted by molar-refractivity contribution is 0.101. The van der Waals surface area contributed by atoms with Crippen LogP contribution >= 0.6 is 23.8 Å². The first-order valence-corrected chi connectivity index (χ1v) is 10.2. The third-order valence-electron chi connectivity index (χ3n) is 4.59. The Kier molecular flexibility index (Phi) is 6.93. The van der Waals surface area contributed by atoms with Crippen molar-refractivity contribution < 1.29 is 9.47 Å². The molecule has 1 heterocycles.